The highest BCUT2D eigenvalue weighted by Crippen LogP contribution is 2.24. The van der Waals surface area contributed by atoms with Gasteiger partial charge in [-0.3, -0.25) is 9.52 Å². The summed E-state index contributed by atoms with van der Waals surface area (Å²) in [6, 6.07) is 10.2. The minimum Gasteiger partial charge on any atom is -0.322 e. The van der Waals surface area contributed by atoms with Crippen molar-refractivity contribution in [3.05, 3.63) is 57.2 Å². The predicted octanol–water partition coefficient (Wildman–Crippen LogP) is 3.01. The van der Waals surface area contributed by atoms with E-state index in [0.29, 0.717) is 16.8 Å². The average molecular weight is 334 g/mol. The Hall–Kier alpha value is -2.12. The number of thiophene rings is 1. The number of aromatic amines is 1. The molecule has 3 rings (SSSR count). The maximum atomic E-state index is 12.3. The number of sulfonamides is 1. The lowest BCUT2D eigenvalue weighted by Crippen LogP contribution is -2.12. The van der Waals surface area contributed by atoms with Gasteiger partial charge in [-0.05, 0) is 49.6 Å². The number of rotatable bonds is 3. The number of pyridine rings is 1. The van der Waals surface area contributed by atoms with Crippen LogP contribution in [0.15, 0.2) is 45.4 Å². The summed E-state index contributed by atoms with van der Waals surface area (Å²) in [6.07, 6.45) is 0. The molecule has 0 bridgehead atoms. The van der Waals surface area contributed by atoms with Crippen molar-refractivity contribution in [2.24, 2.45) is 0 Å². The van der Waals surface area contributed by atoms with Crippen molar-refractivity contribution in [2.75, 3.05) is 4.72 Å². The number of nitrogens with one attached hydrogen (secondary N) is 2. The smallest absolute Gasteiger partial charge is 0.271 e. The molecule has 0 amide bonds. The molecular weight excluding hydrogens is 320 g/mol. The quantitative estimate of drug-likeness (QED) is 0.773. The standard InChI is InChI=1S/C15H14N2O3S2/c1-9-7-11-4-5-12(8-13(11)16-15(9)18)17-22(19,20)14-6-3-10(2)21-14/h3-8,17H,1-2H3,(H,16,18). The number of aryl methyl sites for hydroxylation is 2. The van der Waals surface area contributed by atoms with Crippen molar-refractivity contribution < 1.29 is 8.42 Å². The monoisotopic (exact) mass is 334 g/mol. The number of anilines is 1. The van der Waals surface area contributed by atoms with Crippen LogP contribution in [-0.4, -0.2) is 13.4 Å². The number of fused-ring (bicyclic) bond motifs is 1. The minimum atomic E-state index is -3.60. The van der Waals surface area contributed by atoms with Gasteiger partial charge in [0.2, 0.25) is 0 Å². The first-order chi connectivity index (χ1) is 10.3. The highest BCUT2D eigenvalue weighted by Gasteiger charge is 2.16. The third-order valence-electron chi connectivity index (χ3n) is 3.26. The SMILES string of the molecule is Cc1ccc(S(=O)(=O)Nc2ccc3cc(C)c(=O)[nH]c3c2)s1. The van der Waals surface area contributed by atoms with E-state index in [1.807, 2.05) is 6.92 Å². The largest absolute Gasteiger partial charge is 0.322 e. The first-order valence-corrected chi connectivity index (χ1v) is 8.88. The van der Waals surface area contributed by atoms with E-state index < -0.39 is 10.0 Å². The molecule has 22 heavy (non-hydrogen) atoms. The molecule has 0 atom stereocenters. The summed E-state index contributed by atoms with van der Waals surface area (Å²) < 4.78 is 27.4. The van der Waals surface area contributed by atoms with E-state index in [1.54, 1.807) is 43.3 Å². The Labute approximate surface area is 131 Å². The Morgan fingerprint density at radius 3 is 2.55 bits per heavy atom. The fraction of sp³-hybridized carbons (Fsp3) is 0.133. The molecule has 0 spiro atoms. The van der Waals surface area contributed by atoms with Gasteiger partial charge < -0.3 is 4.98 Å². The third-order valence-corrected chi connectivity index (χ3v) is 6.14. The van der Waals surface area contributed by atoms with Crippen molar-refractivity contribution in [1.29, 1.82) is 0 Å². The van der Waals surface area contributed by atoms with Gasteiger partial charge in [0.15, 0.2) is 0 Å². The highest BCUT2D eigenvalue weighted by molar-refractivity contribution is 7.94. The summed E-state index contributed by atoms with van der Waals surface area (Å²) in [6.45, 7) is 3.58. The lowest BCUT2D eigenvalue weighted by molar-refractivity contribution is 0.603. The first-order valence-electron chi connectivity index (χ1n) is 6.58. The van der Waals surface area contributed by atoms with Gasteiger partial charge >= 0.3 is 0 Å². The highest BCUT2D eigenvalue weighted by atomic mass is 32.2. The van der Waals surface area contributed by atoms with Crippen molar-refractivity contribution in [2.45, 2.75) is 18.1 Å². The van der Waals surface area contributed by atoms with Gasteiger partial charge in [-0.1, -0.05) is 6.07 Å². The second kappa shape index (κ2) is 5.26. The second-order valence-corrected chi connectivity index (χ2v) is 8.25. The van der Waals surface area contributed by atoms with E-state index in [2.05, 4.69) is 9.71 Å². The summed E-state index contributed by atoms with van der Waals surface area (Å²) in [7, 11) is -3.60. The molecular formula is C15H14N2O3S2. The zero-order chi connectivity index (χ0) is 15.9. The number of aromatic nitrogens is 1. The van der Waals surface area contributed by atoms with E-state index >= 15 is 0 Å². The van der Waals surface area contributed by atoms with E-state index in [-0.39, 0.29) is 9.77 Å². The van der Waals surface area contributed by atoms with E-state index in [4.69, 9.17) is 0 Å². The lowest BCUT2D eigenvalue weighted by Gasteiger charge is -2.07. The predicted molar refractivity (Wildman–Crippen MR) is 89.2 cm³/mol. The van der Waals surface area contributed by atoms with Crippen LogP contribution in [0.1, 0.15) is 10.4 Å². The molecule has 0 unspecified atom stereocenters. The van der Waals surface area contributed by atoms with Crippen molar-refractivity contribution in [1.82, 2.24) is 4.98 Å². The summed E-state index contributed by atoms with van der Waals surface area (Å²) in [5.74, 6) is 0. The van der Waals surface area contributed by atoms with Crippen LogP contribution in [0.25, 0.3) is 10.9 Å². The summed E-state index contributed by atoms with van der Waals surface area (Å²) in [4.78, 5) is 15.3. The van der Waals surface area contributed by atoms with Gasteiger partial charge in [0.05, 0.1) is 11.2 Å². The Morgan fingerprint density at radius 1 is 1.09 bits per heavy atom. The zero-order valence-corrected chi connectivity index (χ0v) is 13.6. The Kier molecular flexibility index (Phi) is 3.54. The molecule has 5 nitrogen and oxygen atoms in total. The van der Waals surface area contributed by atoms with Crippen LogP contribution in [0.2, 0.25) is 0 Å². The molecule has 0 saturated carbocycles. The van der Waals surface area contributed by atoms with Crippen LogP contribution < -0.4 is 10.3 Å². The average Bonchev–Trinajstić information content (AvgIpc) is 2.88. The van der Waals surface area contributed by atoms with Crippen LogP contribution in [0.3, 0.4) is 0 Å². The fourth-order valence-corrected chi connectivity index (χ4v) is 4.47. The topological polar surface area (TPSA) is 79.0 Å². The molecule has 0 radical (unpaired) electrons. The van der Waals surface area contributed by atoms with Gasteiger partial charge in [-0.2, -0.15) is 0 Å². The van der Waals surface area contributed by atoms with Crippen molar-refractivity contribution in [3.8, 4) is 0 Å². The zero-order valence-electron chi connectivity index (χ0n) is 12.0. The van der Waals surface area contributed by atoms with Crippen LogP contribution in [0, 0.1) is 13.8 Å². The molecule has 0 aliphatic rings. The molecule has 3 aromatic rings. The van der Waals surface area contributed by atoms with Crippen LogP contribution in [0.4, 0.5) is 5.69 Å². The van der Waals surface area contributed by atoms with Crippen LogP contribution in [-0.2, 0) is 10.0 Å². The summed E-state index contributed by atoms with van der Waals surface area (Å²) >= 11 is 1.21. The van der Waals surface area contributed by atoms with Crippen LogP contribution in [0.5, 0.6) is 0 Å². The number of hydrogen-bond acceptors (Lipinski definition) is 4. The molecule has 0 aliphatic carbocycles. The molecule has 2 heterocycles. The molecule has 1 aromatic carbocycles. The molecule has 7 heteroatoms. The Morgan fingerprint density at radius 2 is 1.86 bits per heavy atom. The number of benzene rings is 1. The summed E-state index contributed by atoms with van der Waals surface area (Å²) in [5.41, 5.74) is 1.45. The second-order valence-electron chi connectivity index (χ2n) is 5.05. The Balaban J connectivity index is 2.00. The van der Waals surface area contributed by atoms with E-state index in [1.165, 1.54) is 11.3 Å². The molecule has 2 N–H and O–H groups in total. The van der Waals surface area contributed by atoms with Gasteiger partial charge in [-0.25, -0.2) is 8.42 Å². The van der Waals surface area contributed by atoms with E-state index in [0.717, 1.165) is 10.3 Å². The maximum Gasteiger partial charge on any atom is 0.271 e. The Bertz CT molecular complexity index is 1020. The van der Waals surface area contributed by atoms with Gasteiger partial charge in [0.1, 0.15) is 4.21 Å². The van der Waals surface area contributed by atoms with Gasteiger partial charge in [0, 0.05) is 10.4 Å². The van der Waals surface area contributed by atoms with Gasteiger partial charge in [0.25, 0.3) is 15.6 Å². The molecule has 2 aromatic heterocycles. The normalized spacial score (nSPS) is 11.7. The minimum absolute atomic E-state index is 0.179. The first kappa shape index (κ1) is 14.8. The fourth-order valence-electron chi connectivity index (χ4n) is 2.14. The third kappa shape index (κ3) is 2.77. The maximum absolute atomic E-state index is 12.3. The summed E-state index contributed by atoms with van der Waals surface area (Å²) in [5, 5.41) is 0.854. The van der Waals surface area contributed by atoms with Crippen LogP contribution >= 0.6 is 11.3 Å². The number of hydrogen-bond donors (Lipinski definition) is 2. The van der Waals surface area contributed by atoms with Gasteiger partial charge in [-0.15, -0.1) is 11.3 Å². The van der Waals surface area contributed by atoms with E-state index in [9.17, 15) is 13.2 Å². The van der Waals surface area contributed by atoms with Crippen molar-refractivity contribution in [3.63, 3.8) is 0 Å². The lowest BCUT2D eigenvalue weighted by atomic mass is 10.1. The van der Waals surface area contributed by atoms with Crippen molar-refractivity contribution >= 4 is 38.0 Å². The molecule has 0 aliphatic heterocycles. The molecule has 0 saturated heterocycles. The molecule has 114 valence electrons. The number of H-pyrrole nitrogens is 1. The molecule has 0 fully saturated rings.